The Morgan fingerprint density at radius 1 is 1.11 bits per heavy atom. The summed E-state index contributed by atoms with van der Waals surface area (Å²) >= 11 is 0. The molecule has 1 aromatic rings. The molecule has 158 valence electrons. The third-order valence-electron chi connectivity index (χ3n) is 5.36. The summed E-state index contributed by atoms with van der Waals surface area (Å²) in [6, 6.07) is 3.57. The van der Waals surface area contributed by atoms with E-state index in [9.17, 15) is 26.4 Å². The summed E-state index contributed by atoms with van der Waals surface area (Å²) in [5, 5.41) is 0. The minimum atomic E-state index is -4.50. The van der Waals surface area contributed by atoms with Gasteiger partial charge in [0.1, 0.15) is 0 Å². The van der Waals surface area contributed by atoms with Gasteiger partial charge in [0.25, 0.3) is 0 Å². The van der Waals surface area contributed by atoms with Crippen LogP contribution in [0.3, 0.4) is 0 Å². The van der Waals surface area contributed by atoms with Crippen molar-refractivity contribution in [3.8, 4) is 0 Å². The summed E-state index contributed by atoms with van der Waals surface area (Å²) in [6.07, 6.45) is 0.247. The molecule has 0 amide bonds. The van der Waals surface area contributed by atoms with Gasteiger partial charge in [0.05, 0.1) is 17.6 Å². The number of hydrogen-bond donors (Lipinski definition) is 0. The number of halogens is 3. The molecule has 9 heteroatoms. The average molecular weight is 421 g/mol. The SMILES string of the molecule is COC(=O)CC[C@H]1CC[C@H](CN(C)S(=O)(=O)c2ccc(C(F)(F)F)cc2)CC1. The maximum atomic E-state index is 12.6. The summed E-state index contributed by atoms with van der Waals surface area (Å²) < 4.78 is 69.1. The van der Waals surface area contributed by atoms with Gasteiger partial charge in [-0.1, -0.05) is 12.8 Å². The second-order valence-electron chi connectivity index (χ2n) is 7.31. The highest BCUT2D eigenvalue weighted by atomic mass is 32.2. The smallest absolute Gasteiger partial charge is 0.416 e. The van der Waals surface area contributed by atoms with E-state index in [2.05, 4.69) is 4.74 Å². The highest BCUT2D eigenvalue weighted by Gasteiger charge is 2.32. The third-order valence-corrected chi connectivity index (χ3v) is 7.19. The van der Waals surface area contributed by atoms with Crippen molar-refractivity contribution >= 4 is 16.0 Å². The number of esters is 1. The minimum absolute atomic E-state index is 0.144. The number of carbonyl (C=O) groups excluding carboxylic acids is 1. The highest BCUT2D eigenvalue weighted by molar-refractivity contribution is 7.89. The first-order valence-electron chi connectivity index (χ1n) is 9.24. The Labute approximate surface area is 163 Å². The first kappa shape index (κ1) is 22.7. The molecule has 0 unspecified atom stereocenters. The predicted molar refractivity (Wildman–Crippen MR) is 98.0 cm³/mol. The van der Waals surface area contributed by atoms with Crippen molar-refractivity contribution in [2.24, 2.45) is 11.8 Å². The largest absolute Gasteiger partial charge is 0.469 e. The molecule has 1 aromatic carbocycles. The van der Waals surface area contributed by atoms with Crippen LogP contribution in [0.2, 0.25) is 0 Å². The van der Waals surface area contributed by atoms with Gasteiger partial charge < -0.3 is 4.74 Å². The van der Waals surface area contributed by atoms with Gasteiger partial charge >= 0.3 is 12.1 Å². The van der Waals surface area contributed by atoms with Crippen molar-refractivity contribution < 1.29 is 31.1 Å². The van der Waals surface area contributed by atoms with Crippen molar-refractivity contribution in [2.45, 2.75) is 49.6 Å². The van der Waals surface area contributed by atoms with Gasteiger partial charge in [-0.15, -0.1) is 0 Å². The third kappa shape index (κ3) is 5.94. The zero-order chi connectivity index (χ0) is 20.9. The first-order valence-corrected chi connectivity index (χ1v) is 10.7. The summed E-state index contributed by atoms with van der Waals surface area (Å²) in [4.78, 5) is 11.1. The van der Waals surface area contributed by atoms with E-state index in [0.29, 0.717) is 18.9 Å². The van der Waals surface area contributed by atoms with Crippen LogP contribution in [0.4, 0.5) is 13.2 Å². The van der Waals surface area contributed by atoms with Gasteiger partial charge in [0.15, 0.2) is 0 Å². The number of rotatable bonds is 7. The van der Waals surface area contributed by atoms with Gasteiger partial charge in [-0.3, -0.25) is 4.79 Å². The Morgan fingerprint density at radius 3 is 2.14 bits per heavy atom. The lowest BCUT2D eigenvalue weighted by molar-refractivity contribution is -0.141. The molecule has 0 heterocycles. The van der Waals surface area contributed by atoms with Crippen LogP contribution in [0, 0.1) is 11.8 Å². The fraction of sp³-hybridized carbons (Fsp3) is 0.632. The zero-order valence-corrected chi connectivity index (χ0v) is 16.9. The van der Waals surface area contributed by atoms with Gasteiger partial charge in [0, 0.05) is 20.0 Å². The fourth-order valence-corrected chi connectivity index (χ4v) is 4.83. The molecule has 1 aliphatic carbocycles. The predicted octanol–water partition coefficient (Wildman–Crippen LogP) is 4.09. The summed E-state index contributed by atoms with van der Waals surface area (Å²) in [7, 11) is -1.01. The molecular formula is C19H26F3NO4S. The summed E-state index contributed by atoms with van der Waals surface area (Å²) in [5.74, 6) is 0.417. The van der Waals surface area contributed by atoms with E-state index in [4.69, 9.17) is 0 Å². The number of nitrogens with zero attached hydrogens (tertiary/aromatic N) is 1. The molecule has 0 saturated heterocycles. The normalized spacial score (nSPS) is 20.9. The highest BCUT2D eigenvalue weighted by Crippen LogP contribution is 2.33. The van der Waals surface area contributed by atoms with Gasteiger partial charge in [0.2, 0.25) is 10.0 Å². The Kier molecular flexibility index (Phi) is 7.50. The lowest BCUT2D eigenvalue weighted by Gasteiger charge is -2.31. The van der Waals surface area contributed by atoms with Crippen molar-refractivity contribution in [3.63, 3.8) is 0 Å². The van der Waals surface area contributed by atoms with Crippen molar-refractivity contribution in [1.29, 1.82) is 0 Å². The molecule has 0 radical (unpaired) electrons. The Bertz CT molecular complexity index is 754. The van der Waals surface area contributed by atoms with E-state index in [-0.39, 0.29) is 16.8 Å². The van der Waals surface area contributed by atoms with Crippen LogP contribution >= 0.6 is 0 Å². The van der Waals surface area contributed by atoms with Crippen LogP contribution in [-0.2, 0) is 25.7 Å². The van der Waals surface area contributed by atoms with Crippen LogP contribution in [0.5, 0.6) is 0 Å². The molecule has 0 atom stereocenters. The molecule has 0 spiro atoms. The molecule has 0 aliphatic heterocycles. The Balaban J connectivity index is 1.90. The number of ether oxygens (including phenoxy) is 1. The molecule has 0 aromatic heterocycles. The van der Waals surface area contributed by atoms with E-state index < -0.39 is 21.8 Å². The fourth-order valence-electron chi connectivity index (χ4n) is 3.58. The van der Waals surface area contributed by atoms with E-state index >= 15 is 0 Å². The summed E-state index contributed by atoms with van der Waals surface area (Å²) in [5.41, 5.74) is -0.876. The number of hydrogen-bond acceptors (Lipinski definition) is 4. The molecular weight excluding hydrogens is 395 g/mol. The van der Waals surface area contributed by atoms with Crippen molar-refractivity contribution in [1.82, 2.24) is 4.31 Å². The van der Waals surface area contributed by atoms with Gasteiger partial charge in [-0.05, 0) is 55.4 Å². The van der Waals surface area contributed by atoms with Crippen LogP contribution in [0.25, 0.3) is 0 Å². The minimum Gasteiger partial charge on any atom is -0.469 e. The number of methoxy groups -OCH3 is 1. The quantitative estimate of drug-likeness (QED) is 0.622. The molecule has 5 nitrogen and oxygen atoms in total. The van der Waals surface area contributed by atoms with E-state index in [1.54, 1.807) is 0 Å². The van der Waals surface area contributed by atoms with Crippen LogP contribution < -0.4 is 0 Å². The number of carbonyl (C=O) groups is 1. The van der Waals surface area contributed by atoms with Crippen LogP contribution in [0.15, 0.2) is 29.2 Å². The average Bonchev–Trinajstić information content (AvgIpc) is 2.66. The topological polar surface area (TPSA) is 63.7 Å². The Hall–Kier alpha value is -1.61. The maximum Gasteiger partial charge on any atom is 0.416 e. The summed E-state index contributed by atoms with van der Waals surface area (Å²) in [6.45, 7) is 0.326. The number of benzene rings is 1. The zero-order valence-electron chi connectivity index (χ0n) is 16.0. The van der Waals surface area contributed by atoms with E-state index in [1.165, 1.54) is 18.5 Å². The maximum absolute atomic E-state index is 12.6. The van der Waals surface area contributed by atoms with Crippen LogP contribution in [0.1, 0.15) is 44.1 Å². The molecule has 0 N–H and O–H groups in total. The van der Waals surface area contributed by atoms with E-state index in [1.807, 2.05) is 0 Å². The number of alkyl halides is 3. The molecule has 28 heavy (non-hydrogen) atoms. The standard InChI is InChI=1S/C19H26F3NO4S/c1-23(13-15-5-3-14(4-6-15)7-12-18(24)27-2)28(25,26)17-10-8-16(9-11-17)19(20,21)22/h8-11,14-15H,3-7,12-13H2,1-2H3/t14-,15-. The monoisotopic (exact) mass is 421 g/mol. The van der Waals surface area contributed by atoms with Gasteiger partial charge in [-0.25, -0.2) is 12.7 Å². The molecule has 2 rings (SSSR count). The second-order valence-corrected chi connectivity index (χ2v) is 9.35. The first-order chi connectivity index (χ1) is 13.0. The van der Waals surface area contributed by atoms with Gasteiger partial charge in [-0.2, -0.15) is 13.2 Å². The second kappa shape index (κ2) is 9.26. The molecule has 0 bridgehead atoms. The van der Waals surface area contributed by atoms with Crippen molar-refractivity contribution in [3.05, 3.63) is 29.8 Å². The number of sulfonamides is 1. The molecule has 1 saturated carbocycles. The lowest BCUT2D eigenvalue weighted by Crippen LogP contribution is -2.33. The Morgan fingerprint density at radius 2 is 1.64 bits per heavy atom. The lowest BCUT2D eigenvalue weighted by atomic mass is 9.80. The molecule has 1 aliphatic rings. The van der Waals surface area contributed by atoms with Crippen molar-refractivity contribution in [2.75, 3.05) is 20.7 Å². The van der Waals surface area contributed by atoms with E-state index in [0.717, 1.165) is 56.4 Å². The molecule has 1 fully saturated rings. The van der Waals surface area contributed by atoms with Crippen LogP contribution in [-0.4, -0.2) is 39.4 Å².